The molecule has 0 atom stereocenters. The highest BCUT2D eigenvalue weighted by Gasteiger charge is 2.14. The van der Waals surface area contributed by atoms with Crippen LogP contribution in [-0.4, -0.2) is 14.6 Å². The molecular weight excluding hydrogens is 300 g/mol. The van der Waals surface area contributed by atoms with Crippen LogP contribution in [0.1, 0.15) is 0 Å². The third kappa shape index (κ3) is 1.95. The second-order valence-corrected chi connectivity index (χ2v) is 5.27. The second-order valence-electron chi connectivity index (χ2n) is 4.83. The van der Waals surface area contributed by atoms with Crippen LogP contribution in [0.3, 0.4) is 0 Å². The first-order valence-corrected chi connectivity index (χ1v) is 7.04. The first-order valence-electron chi connectivity index (χ1n) is 6.66. The maximum atomic E-state index is 6.21. The van der Waals surface area contributed by atoms with Gasteiger partial charge in [0.15, 0.2) is 5.65 Å². The molecule has 0 radical (unpaired) electrons. The molecule has 3 aromatic heterocycles. The zero-order valence-corrected chi connectivity index (χ0v) is 12.2. The number of aromatic nitrogens is 3. The highest BCUT2D eigenvalue weighted by atomic mass is 35.5. The van der Waals surface area contributed by atoms with Crippen molar-refractivity contribution in [3.05, 3.63) is 60.1 Å². The molecule has 0 unspecified atom stereocenters. The van der Waals surface area contributed by atoms with Crippen molar-refractivity contribution in [1.29, 1.82) is 0 Å². The largest absolute Gasteiger partial charge is 0.464 e. The zero-order valence-electron chi connectivity index (χ0n) is 11.4. The number of anilines is 1. The normalized spacial score (nSPS) is 11.1. The van der Waals surface area contributed by atoms with Crippen molar-refractivity contribution in [2.24, 2.45) is 0 Å². The Hall–Kier alpha value is -2.79. The summed E-state index contributed by atoms with van der Waals surface area (Å²) in [5.41, 5.74) is 9.49. The van der Waals surface area contributed by atoms with Gasteiger partial charge in [-0.15, -0.1) is 0 Å². The number of fused-ring (bicyclic) bond motifs is 1. The monoisotopic (exact) mass is 310 g/mol. The molecule has 4 rings (SSSR count). The van der Waals surface area contributed by atoms with E-state index in [-0.39, 0.29) is 0 Å². The maximum Gasteiger partial charge on any atom is 0.165 e. The molecule has 0 aliphatic rings. The van der Waals surface area contributed by atoms with Crippen molar-refractivity contribution in [3.63, 3.8) is 0 Å². The Morgan fingerprint density at radius 2 is 1.86 bits per heavy atom. The van der Waals surface area contributed by atoms with E-state index in [1.807, 2.05) is 30.3 Å². The van der Waals surface area contributed by atoms with E-state index in [4.69, 9.17) is 21.8 Å². The summed E-state index contributed by atoms with van der Waals surface area (Å²) < 4.78 is 6.99. The van der Waals surface area contributed by atoms with E-state index in [9.17, 15) is 0 Å². The lowest BCUT2D eigenvalue weighted by molar-refractivity contribution is 0.582. The van der Waals surface area contributed by atoms with Crippen LogP contribution in [0, 0.1) is 0 Å². The van der Waals surface area contributed by atoms with Crippen LogP contribution in [0.4, 0.5) is 5.82 Å². The average molecular weight is 311 g/mol. The van der Waals surface area contributed by atoms with Gasteiger partial charge >= 0.3 is 0 Å². The van der Waals surface area contributed by atoms with Crippen molar-refractivity contribution in [3.8, 4) is 22.5 Å². The molecular formula is C16H11ClN4O. The lowest BCUT2D eigenvalue weighted by Crippen LogP contribution is -2.02. The topological polar surface area (TPSA) is 69.3 Å². The van der Waals surface area contributed by atoms with Gasteiger partial charge in [-0.25, -0.2) is 4.98 Å². The smallest absolute Gasteiger partial charge is 0.165 e. The van der Waals surface area contributed by atoms with Gasteiger partial charge in [0, 0.05) is 16.8 Å². The Balaban J connectivity index is 1.90. The van der Waals surface area contributed by atoms with Crippen molar-refractivity contribution in [2.45, 2.75) is 0 Å². The van der Waals surface area contributed by atoms with Gasteiger partial charge in [-0.1, -0.05) is 23.7 Å². The van der Waals surface area contributed by atoms with Gasteiger partial charge in [0.1, 0.15) is 11.6 Å². The first-order chi connectivity index (χ1) is 10.7. The number of furan rings is 1. The fourth-order valence-electron chi connectivity index (χ4n) is 2.40. The summed E-state index contributed by atoms with van der Waals surface area (Å²) in [5.74, 6) is 1.15. The van der Waals surface area contributed by atoms with E-state index in [2.05, 4.69) is 10.1 Å². The molecule has 108 valence electrons. The lowest BCUT2D eigenvalue weighted by Gasteiger charge is -2.05. The molecule has 3 heterocycles. The molecule has 0 amide bonds. The number of halogens is 1. The number of nitrogen functional groups attached to an aromatic ring is 1. The average Bonchev–Trinajstić information content (AvgIpc) is 3.18. The SMILES string of the molecule is Nc1c(-c2ccco2)cnc2c(-c3ccc(Cl)cc3)cnn12. The minimum Gasteiger partial charge on any atom is -0.464 e. The second kappa shape index (κ2) is 4.89. The van der Waals surface area contributed by atoms with Crippen LogP contribution in [0.15, 0.2) is 59.5 Å². The van der Waals surface area contributed by atoms with E-state index >= 15 is 0 Å². The quantitative estimate of drug-likeness (QED) is 0.610. The van der Waals surface area contributed by atoms with Gasteiger partial charge in [-0.3, -0.25) is 0 Å². The Morgan fingerprint density at radius 1 is 1.05 bits per heavy atom. The Bertz CT molecular complexity index is 942. The summed E-state index contributed by atoms with van der Waals surface area (Å²) in [6.45, 7) is 0. The molecule has 5 nitrogen and oxygen atoms in total. The number of nitrogens with two attached hydrogens (primary N) is 1. The number of nitrogens with zero attached hydrogens (tertiary/aromatic N) is 3. The van der Waals surface area contributed by atoms with E-state index in [0.29, 0.717) is 27.8 Å². The van der Waals surface area contributed by atoms with E-state index in [1.54, 1.807) is 29.2 Å². The highest BCUT2D eigenvalue weighted by Crippen LogP contribution is 2.30. The van der Waals surface area contributed by atoms with E-state index < -0.39 is 0 Å². The molecule has 6 heteroatoms. The fourth-order valence-corrected chi connectivity index (χ4v) is 2.53. The Kier molecular flexibility index (Phi) is 2.87. The van der Waals surface area contributed by atoms with Crippen LogP contribution < -0.4 is 5.73 Å². The van der Waals surface area contributed by atoms with Crippen LogP contribution in [0.2, 0.25) is 5.02 Å². The summed E-state index contributed by atoms with van der Waals surface area (Å²) in [6.07, 6.45) is 5.04. The molecule has 0 fully saturated rings. The number of hydrogen-bond donors (Lipinski definition) is 1. The summed E-state index contributed by atoms with van der Waals surface area (Å²) in [7, 11) is 0. The minimum atomic E-state index is 0.486. The zero-order chi connectivity index (χ0) is 15.1. The van der Waals surface area contributed by atoms with Gasteiger partial charge in [-0.2, -0.15) is 9.61 Å². The van der Waals surface area contributed by atoms with Crippen molar-refractivity contribution in [1.82, 2.24) is 14.6 Å². The summed E-state index contributed by atoms with van der Waals surface area (Å²) >= 11 is 5.93. The Morgan fingerprint density at radius 3 is 2.59 bits per heavy atom. The van der Waals surface area contributed by atoms with Crippen molar-refractivity contribution >= 4 is 23.1 Å². The van der Waals surface area contributed by atoms with Gasteiger partial charge < -0.3 is 10.2 Å². The molecule has 22 heavy (non-hydrogen) atoms. The molecule has 0 aliphatic carbocycles. The summed E-state index contributed by atoms with van der Waals surface area (Å²) in [5, 5.41) is 5.03. The molecule has 2 N–H and O–H groups in total. The maximum absolute atomic E-state index is 6.21. The van der Waals surface area contributed by atoms with E-state index in [0.717, 1.165) is 11.1 Å². The predicted molar refractivity (Wildman–Crippen MR) is 85.5 cm³/mol. The lowest BCUT2D eigenvalue weighted by atomic mass is 10.1. The molecule has 0 saturated heterocycles. The summed E-state index contributed by atoms with van der Waals surface area (Å²) in [6, 6.07) is 11.2. The molecule has 0 saturated carbocycles. The minimum absolute atomic E-state index is 0.486. The third-order valence-electron chi connectivity index (χ3n) is 3.51. The summed E-state index contributed by atoms with van der Waals surface area (Å²) in [4.78, 5) is 4.48. The Labute approximate surface area is 131 Å². The predicted octanol–water partition coefficient (Wildman–Crippen LogP) is 3.89. The van der Waals surface area contributed by atoms with Gasteiger partial charge in [0.05, 0.1) is 18.0 Å². The van der Waals surface area contributed by atoms with Gasteiger partial charge in [0.2, 0.25) is 0 Å². The molecule has 1 aromatic carbocycles. The van der Waals surface area contributed by atoms with Crippen LogP contribution in [0.25, 0.3) is 28.1 Å². The molecule has 4 aromatic rings. The van der Waals surface area contributed by atoms with Crippen LogP contribution in [-0.2, 0) is 0 Å². The van der Waals surface area contributed by atoms with Crippen LogP contribution in [0.5, 0.6) is 0 Å². The van der Waals surface area contributed by atoms with Gasteiger partial charge in [-0.05, 0) is 29.8 Å². The molecule has 0 bridgehead atoms. The number of hydrogen-bond acceptors (Lipinski definition) is 4. The van der Waals surface area contributed by atoms with Gasteiger partial charge in [0.25, 0.3) is 0 Å². The number of rotatable bonds is 2. The van der Waals surface area contributed by atoms with E-state index in [1.165, 1.54) is 0 Å². The number of benzene rings is 1. The molecule has 0 spiro atoms. The third-order valence-corrected chi connectivity index (χ3v) is 3.76. The van der Waals surface area contributed by atoms with Crippen molar-refractivity contribution in [2.75, 3.05) is 5.73 Å². The standard InChI is InChI=1S/C16H11ClN4O/c17-11-5-3-10(4-6-11)12-9-20-21-15(18)13(8-19-16(12)21)14-2-1-7-22-14/h1-9H,18H2. The van der Waals surface area contributed by atoms with Crippen molar-refractivity contribution < 1.29 is 4.42 Å². The molecule has 0 aliphatic heterocycles. The fraction of sp³-hybridized carbons (Fsp3) is 0. The highest BCUT2D eigenvalue weighted by molar-refractivity contribution is 6.30. The first kappa shape index (κ1) is 12.9. The van der Waals surface area contributed by atoms with Crippen LogP contribution >= 0.6 is 11.6 Å².